The van der Waals surface area contributed by atoms with E-state index in [1.54, 1.807) is 13.8 Å². The third-order valence-corrected chi connectivity index (χ3v) is 1.68. The van der Waals surface area contributed by atoms with Crippen LogP contribution in [0.4, 0.5) is 5.82 Å². The molecular weight excluding hydrogens is 184 g/mol. The van der Waals surface area contributed by atoms with E-state index < -0.39 is 5.91 Å². The van der Waals surface area contributed by atoms with Crippen molar-refractivity contribution < 1.29 is 9.59 Å². The van der Waals surface area contributed by atoms with Gasteiger partial charge in [0.25, 0.3) is 5.91 Å². The lowest BCUT2D eigenvalue weighted by atomic mass is 10.2. The lowest BCUT2D eigenvalue weighted by Crippen LogP contribution is -2.21. The molecule has 0 fully saturated rings. The van der Waals surface area contributed by atoms with Crippen molar-refractivity contribution in [2.24, 2.45) is 11.7 Å². The second-order valence-electron chi connectivity index (χ2n) is 3.17. The van der Waals surface area contributed by atoms with Gasteiger partial charge in [-0.15, -0.1) is 0 Å². The van der Waals surface area contributed by atoms with Crippen molar-refractivity contribution in [2.75, 3.05) is 5.32 Å². The van der Waals surface area contributed by atoms with Gasteiger partial charge < -0.3 is 11.1 Å². The Morgan fingerprint density at radius 3 is 2.71 bits per heavy atom. The highest BCUT2D eigenvalue weighted by Crippen LogP contribution is 2.10. The molecule has 2 amide bonds. The number of rotatable bonds is 3. The van der Waals surface area contributed by atoms with Crippen molar-refractivity contribution in [1.29, 1.82) is 0 Å². The fourth-order valence-corrected chi connectivity index (χ4v) is 0.836. The van der Waals surface area contributed by atoms with Crippen LogP contribution in [0.3, 0.4) is 0 Å². The average Bonchev–Trinajstić information content (AvgIpc) is 2.52. The monoisotopic (exact) mass is 196 g/mol. The summed E-state index contributed by atoms with van der Waals surface area (Å²) >= 11 is 0. The van der Waals surface area contributed by atoms with Crippen LogP contribution in [0.1, 0.15) is 24.2 Å². The molecule has 0 radical (unpaired) electrons. The van der Waals surface area contributed by atoms with Crippen LogP contribution in [-0.2, 0) is 4.79 Å². The molecule has 76 valence electrons. The van der Waals surface area contributed by atoms with Crippen LogP contribution in [0.25, 0.3) is 0 Å². The number of H-pyrrole nitrogens is 1. The fourth-order valence-electron chi connectivity index (χ4n) is 0.836. The number of amides is 2. The van der Waals surface area contributed by atoms with Gasteiger partial charge in [-0.2, -0.15) is 5.10 Å². The van der Waals surface area contributed by atoms with Gasteiger partial charge in [-0.25, -0.2) is 0 Å². The van der Waals surface area contributed by atoms with Crippen molar-refractivity contribution >= 4 is 17.6 Å². The molecule has 1 heterocycles. The van der Waals surface area contributed by atoms with Crippen molar-refractivity contribution in [1.82, 2.24) is 10.2 Å². The van der Waals surface area contributed by atoms with Gasteiger partial charge in [0.1, 0.15) is 11.4 Å². The van der Waals surface area contributed by atoms with Crippen molar-refractivity contribution in [3.8, 4) is 0 Å². The van der Waals surface area contributed by atoms with Crippen LogP contribution in [0.15, 0.2) is 6.20 Å². The van der Waals surface area contributed by atoms with Crippen molar-refractivity contribution in [3.63, 3.8) is 0 Å². The number of hydrogen-bond donors (Lipinski definition) is 3. The summed E-state index contributed by atoms with van der Waals surface area (Å²) < 4.78 is 0. The normalized spacial score (nSPS) is 10.2. The van der Waals surface area contributed by atoms with Gasteiger partial charge in [0.2, 0.25) is 5.91 Å². The van der Waals surface area contributed by atoms with E-state index in [4.69, 9.17) is 5.73 Å². The molecule has 0 saturated carbocycles. The fraction of sp³-hybridized carbons (Fsp3) is 0.375. The van der Waals surface area contributed by atoms with E-state index in [0.29, 0.717) is 0 Å². The van der Waals surface area contributed by atoms with Gasteiger partial charge >= 0.3 is 0 Å². The van der Waals surface area contributed by atoms with Crippen LogP contribution in [-0.4, -0.2) is 22.0 Å². The highest BCUT2D eigenvalue weighted by Gasteiger charge is 2.14. The van der Waals surface area contributed by atoms with Crippen LogP contribution in [0.5, 0.6) is 0 Å². The Morgan fingerprint density at radius 2 is 2.21 bits per heavy atom. The number of carbonyl (C=O) groups is 2. The number of aromatic nitrogens is 2. The van der Waals surface area contributed by atoms with Gasteiger partial charge in [0.05, 0.1) is 6.20 Å². The van der Waals surface area contributed by atoms with E-state index in [9.17, 15) is 9.59 Å². The minimum Gasteiger partial charge on any atom is -0.365 e. The topological polar surface area (TPSA) is 101 Å². The summed E-state index contributed by atoms with van der Waals surface area (Å²) in [7, 11) is 0. The molecule has 0 aliphatic heterocycles. The Labute approximate surface area is 80.9 Å². The molecule has 0 unspecified atom stereocenters. The highest BCUT2D eigenvalue weighted by atomic mass is 16.2. The average molecular weight is 196 g/mol. The Balaban J connectivity index is 2.82. The van der Waals surface area contributed by atoms with Crippen molar-refractivity contribution in [3.05, 3.63) is 11.8 Å². The van der Waals surface area contributed by atoms with E-state index in [-0.39, 0.29) is 23.2 Å². The molecule has 14 heavy (non-hydrogen) atoms. The number of nitrogens with zero attached hydrogens (tertiary/aromatic N) is 1. The summed E-state index contributed by atoms with van der Waals surface area (Å²) in [5, 5.41) is 8.62. The SMILES string of the molecule is CC(C)C(=O)Nc1[nH]ncc1C(N)=O. The second-order valence-corrected chi connectivity index (χ2v) is 3.17. The summed E-state index contributed by atoms with van der Waals surface area (Å²) in [6, 6.07) is 0. The van der Waals surface area contributed by atoms with E-state index in [2.05, 4.69) is 15.5 Å². The number of aromatic amines is 1. The van der Waals surface area contributed by atoms with E-state index in [1.165, 1.54) is 6.20 Å². The quantitative estimate of drug-likeness (QED) is 0.639. The number of carbonyl (C=O) groups excluding carboxylic acids is 2. The molecule has 4 N–H and O–H groups in total. The minimum absolute atomic E-state index is 0.168. The maximum absolute atomic E-state index is 11.3. The largest absolute Gasteiger partial charge is 0.365 e. The Kier molecular flexibility index (Phi) is 2.85. The molecule has 1 rings (SSSR count). The molecule has 0 aliphatic carbocycles. The zero-order valence-electron chi connectivity index (χ0n) is 8.00. The molecule has 0 atom stereocenters. The van der Waals surface area contributed by atoms with Crippen LogP contribution in [0.2, 0.25) is 0 Å². The third kappa shape index (κ3) is 2.09. The van der Waals surface area contributed by atoms with Gasteiger partial charge in [-0.05, 0) is 0 Å². The Bertz CT molecular complexity index is 356. The van der Waals surface area contributed by atoms with Crippen LogP contribution < -0.4 is 11.1 Å². The zero-order valence-corrected chi connectivity index (χ0v) is 8.00. The molecule has 0 saturated heterocycles. The van der Waals surface area contributed by atoms with E-state index in [1.807, 2.05) is 0 Å². The molecule has 0 aliphatic rings. The molecule has 1 aromatic heterocycles. The van der Waals surface area contributed by atoms with E-state index >= 15 is 0 Å². The van der Waals surface area contributed by atoms with Crippen LogP contribution >= 0.6 is 0 Å². The molecule has 6 nitrogen and oxygen atoms in total. The zero-order chi connectivity index (χ0) is 10.7. The predicted molar refractivity (Wildman–Crippen MR) is 50.6 cm³/mol. The first-order valence-electron chi connectivity index (χ1n) is 4.16. The maximum Gasteiger partial charge on any atom is 0.254 e. The number of nitrogens with one attached hydrogen (secondary N) is 2. The number of hydrogen-bond acceptors (Lipinski definition) is 3. The summed E-state index contributed by atoms with van der Waals surface area (Å²) in [4.78, 5) is 22.1. The minimum atomic E-state index is -0.627. The second kappa shape index (κ2) is 3.91. The van der Waals surface area contributed by atoms with Crippen LogP contribution in [0, 0.1) is 5.92 Å². The standard InChI is InChI=1S/C8H12N4O2/c1-4(2)8(14)11-7-5(6(9)13)3-10-12-7/h3-4H,1-2H3,(H2,9,13)(H2,10,11,12,14). The summed E-state index contributed by atoms with van der Waals surface area (Å²) in [6.45, 7) is 3.49. The molecule has 0 spiro atoms. The third-order valence-electron chi connectivity index (χ3n) is 1.68. The molecule has 6 heteroatoms. The van der Waals surface area contributed by atoms with Gasteiger partial charge in [-0.1, -0.05) is 13.8 Å². The highest BCUT2D eigenvalue weighted by molar-refractivity contribution is 6.02. The van der Waals surface area contributed by atoms with Gasteiger partial charge in [0, 0.05) is 5.92 Å². The van der Waals surface area contributed by atoms with E-state index in [0.717, 1.165) is 0 Å². The summed E-state index contributed by atoms with van der Waals surface area (Å²) in [5.74, 6) is -0.746. The number of anilines is 1. The number of primary amides is 1. The number of nitrogens with two attached hydrogens (primary N) is 1. The first kappa shape index (κ1) is 10.2. The molecule has 0 bridgehead atoms. The first-order valence-corrected chi connectivity index (χ1v) is 4.16. The summed E-state index contributed by atoms with van der Waals surface area (Å²) in [6.07, 6.45) is 1.28. The molecule has 1 aromatic rings. The molecular formula is C8H12N4O2. The Morgan fingerprint density at radius 1 is 1.57 bits per heavy atom. The van der Waals surface area contributed by atoms with Gasteiger partial charge in [0.15, 0.2) is 0 Å². The maximum atomic E-state index is 11.3. The summed E-state index contributed by atoms with van der Waals surface area (Å²) in [5.41, 5.74) is 5.24. The molecule has 0 aromatic carbocycles. The van der Waals surface area contributed by atoms with Crippen molar-refractivity contribution in [2.45, 2.75) is 13.8 Å². The smallest absolute Gasteiger partial charge is 0.254 e. The lowest BCUT2D eigenvalue weighted by molar-refractivity contribution is -0.118. The lowest BCUT2D eigenvalue weighted by Gasteiger charge is -2.05. The van der Waals surface area contributed by atoms with Gasteiger partial charge in [-0.3, -0.25) is 14.7 Å². The first-order chi connectivity index (χ1) is 6.52. The predicted octanol–water partition coefficient (Wildman–Crippen LogP) is 0.103. The Hall–Kier alpha value is -1.85.